The second-order valence-electron chi connectivity index (χ2n) is 7.47. The molecule has 0 aromatic heterocycles. The van der Waals surface area contributed by atoms with E-state index in [4.69, 9.17) is 5.26 Å². The van der Waals surface area contributed by atoms with Crippen molar-refractivity contribution < 1.29 is 0 Å². The Bertz CT molecular complexity index is 385. The van der Waals surface area contributed by atoms with Crippen LogP contribution in [0.15, 0.2) is 24.3 Å². The van der Waals surface area contributed by atoms with Gasteiger partial charge in [0.05, 0.1) is 6.07 Å². The highest BCUT2D eigenvalue weighted by Gasteiger charge is 2.29. The third kappa shape index (κ3) is 5.64. The molecule has 0 radical (unpaired) electrons. The molecule has 0 aromatic carbocycles. The smallest absolute Gasteiger partial charge is 0.0912 e. The fourth-order valence-electron chi connectivity index (χ4n) is 4.57. The van der Waals surface area contributed by atoms with Gasteiger partial charge in [-0.25, -0.2) is 0 Å². The highest BCUT2D eigenvalue weighted by Crippen LogP contribution is 2.42. The van der Waals surface area contributed by atoms with Crippen molar-refractivity contribution in [3.8, 4) is 6.07 Å². The lowest BCUT2D eigenvalue weighted by Crippen LogP contribution is -2.25. The first-order valence-electron chi connectivity index (χ1n) is 9.56. The molecule has 0 N–H and O–H groups in total. The first kappa shape index (κ1) is 17.3. The van der Waals surface area contributed by atoms with Gasteiger partial charge in [0.25, 0.3) is 0 Å². The van der Waals surface area contributed by atoms with Gasteiger partial charge in [-0.15, -0.1) is 0 Å². The summed E-state index contributed by atoms with van der Waals surface area (Å²) in [4.78, 5) is 0. The molecule has 2 aliphatic carbocycles. The quantitative estimate of drug-likeness (QED) is 0.410. The minimum absolute atomic E-state index is 0.750. The maximum absolute atomic E-state index is 8.48. The molecule has 1 heteroatoms. The van der Waals surface area contributed by atoms with Crippen LogP contribution in [0.5, 0.6) is 0 Å². The minimum atomic E-state index is 0.750. The normalized spacial score (nSPS) is 33.3. The van der Waals surface area contributed by atoms with Gasteiger partial charge in [0.1, 0.15) is 0 Å². The van der Waals surface area contributed by atoms with Crippen LogP contribution in [0.2, 0.25) is 0 Å². The van der Waals surface area contributed by atoms with E-state index in [0.717, 1.165) is 23.7 Å². The number of nitriles is 1. The van der Waals surface area contributed by atoms with Gasteiger partial charge < -0.3 is 0 Å². The summed E-state index contributed by atoms with van der Waals surface area (Å²) < 4.78 is 0. The Morgan fingerprint density at radius 1 is 0.909 bits per heavy atom. The second kappa shape index (κ2) is 9.88. The molecule has 0 heterocycles. The zero-order valence-electron chi connectivity index (χ0n) is 14.3. The van der Waals surface area contributed by atoms with Crippen LogP contribution in [0.3, 0.4) is 0 Å². The molecule has 0 amide bonds. The fraction of sp³-hybridized carbons (Fsp3) is 0.762. The van der Waals surface area contributed by atoms with Crippen LogP contribution in [-0.4, -0.2) is 0 Å². The molecule has 2 aliphatic rings. The first-order valence-corrected chi connectivity index (χ1v) is 9.56. The Hall–Kier alpha value is -1.03. The van der Waals surface area contributed by atoms with E-state index >= 15 is 0 Å². The number of hydrogen-bond acceptors (Lipinski definition) is 1. The van der Waals surface area contributed by atoms with E-state index in [1.807, 2.05) is 12.1 Å². The summed E-state index contributed by atoms with van der Waals surface area (Å²) in [5.41, 5.74) is 0. The Balaban J connectivity index is 1.66. The van der Waals surface area contributed by atoms with Gasteiger partial charge in [-0.05, 0) is 62.2 Å². The molecule has 2 saturated carbocycles. The predicted molar refractivity (Wildman–Crippen MR) is 94.3 cm³/mol. The maximum atomic E-state index is 8.48. The lowest BCUT2D eigenvalue weighted by atomic mass is 9.68. The lowest BCUT2D eigenvalue weighted by molar-refractivity contribution is 0.152. The van der Waals surface area contributed by atoms with Gasteiger partial charge in [-0.1, -0.05) is 57.3 Å². The Kier molecular flexibility index (Phi) is 7.78. The third-order valence-electron chi connectivity index (χ3n) is 6.01. The van der Waals surface area contributed by atoms with Gasteiger partial charge in [0.2, 0.25) is 0 Å². The maximum Gasteiger partial charge on any atom is 0.0912 e. The number of rotatable bonds is 6. The van der Waals surface area contributed by atoms with Crippen molar-refractivity contribution >= 4 is 0 Å². The fourth-order valence-corrected chi connectivity index (χ4v) is 4.57. The van der Waals surface area contributed by atoms with E-state index in [2.05, 4.69) is 19.1 Å². The van der Waals surface area contributed by atoms with Crippen LogP contribution >= 0.6 is 0 Å². The molecule has 0 atom stereocenters. The van der Waals surface area contributed by atoms with Crippen LogP contribution in [0.1, 0.15) is 77.6 Å². The summed E-state index contributed by atoms with van der Waals surface area (Å²) in [5, 5.41) is 8.48. The number of nitrogens with zero attached hydrogens (tertiary/aromatic N) is 1. The summed E-state index contributed by atoms with van der Waals surface area (Å²) >= 11 is 0. The highest BCUT2D eigenvalue weighted by atomic mass is 14.4. The van der Waals surface area contributed by atoms with E-state index in [9.17, 15) is 0 Å². The second-order valence-corrected chi connectivity index (χ2v) is 7.47. The molecule has 22 heavy (non-hydrogen) atoms. The highest BCUT2D eigenvalue weighted by molar-refractivity contribution is 5.12. The molecule has 122 valence electrons. The van der Waals surface area contributed by atoms with E-state index in [1.54, 1.807) is 6.08 Å². The number of hydrogen-bond donors (Lipinski definition) is 0. The molecule has 1 nitrogen and oxygen atoms in total. The molecule has 0 aromatic rings. The standard InChI is InChI=1S/C21H33N/c1-2-3-7-18-9-13-20(14-10-18)21-15-11-19(12-16-21)8-5-4-6-17-22/h4-6,8,18-21H,2-3,7,9-16H2,1H3/b6-4+,8-5+/t18-,19?,20-,21?. The monoisotopic (exact) mass is 299 g/mol. The Labute approximate surface area is 137 Å². The predicted octanol–water partition coefficient (Wildman–Crippen LogP) is 6.43. The van der Waals surface area contributed by atoms with Crippen molar-refractivity contribution in [3.63, 3.8) is 0 Å². The van der Waals surface area contributed by atoms with Crippen molar-refractivity contribution in [1.29, 1.82) is 5.26 Å². The summed E-state index contributed by atoms with van der Waals surface area (Å²) in [6, 6.07) is 2.04. The van der Waals surface area contributed by atoms with Crippen molar-refractivity contribution in [2.45, 2.75) is 77.6 Å². The van der Waals surface area contributed by atoms with Crippen LogP contribution in [0, 0.1) is 35.0 Å². The van der Waals surface area contributed by atoms with E-state index in [0.29, 0.717) is 0 Å². The van der Waals surface area contributed by atoms with Gasteiger partial charge in [-0.2, -0.15) is 5.26 Å². The zero-order chi connectivity index (χ0) is 15.6. The van der Waals surface area contributed by atoms with Crippen LogP contribution < -0.4 is 0 Å². The molecular formula is C21H33N. The molecule has 2 rings (SSSR count). The lowest BCUT2D eigenvalue weighted by Gasteiger charge is -2.37. The molecule has 0 aliphatic heterocycles. The molecular weight excluding hydrogens is 266 g/mol. The molecule has 0 saturated heterocycles. The molecule has 0 bridgehead atoms. The molecule has 0 unspecified atom stereocenters. The van der Waals surface area contributed by atoms with Gasteiger partial charge in [0.15, 0.2) is 0 Å². The van der Waals surface area contributed by atoms with Gasteiger partial charge in [0, 0.05) is 6.08 Å². The van der Waals surface area contributed by atoms with Crippen LogP contribution in [-0.2, 0) is 0 Å². The summed E-state index contributed by atoms with van der Waals surface area (Å²) in [7, 11) is 0. The Morgan fingerprint density at radius 2 is 1.55 bits per heavy atom. The Morgan fingerprint density at radius 3 is 2.14 bits per heavy atom. The van der Waals surface area contributed by atoms with Gasteiger partial charge in [-0.3, -0.25) is 0 Å². The SMILES string of the molecule is CCCC[C@H]1CC[C@H](C2CCC(/C=C/C=C/C#N)CC2)CC1. The summed E-state index contributed by atoms with van der Waals surface area (Å²) in [6.07, 6.45) is 23.7. The van der Waals surface area contributed by atoms with Crippen LogP contribution in [0.25, 0.3) is 0 Å². The van der Waals surface area contributed by atoms with Crippen molar-refractivity contribution in [1.82, 2.24) is 0 Å². The number of unbranched alkanes of at least 4 members (excludes halogenated alkanes) is 1. The van der Waals surface area contributed by atoms with Crippen LogP contribution in [0.4, 0.5) is 0 Å². The van der Waals surface area contributed by atoms with Crippen molar-refractivity contribution in [3.05, 3.63) is 24.3 Å². The van der Waals surface area contributed by atoms with Crippen molar-refractivity contribution in [2.24, 2.45) is 23.7 Å². The minimum Gasteiger partial charge on any atom is -0.193 e. The zero-order valence-corrected chi connectivity index (χ0v) is 14.3. The largest absolute Gasteiger partial charge is 0.193 e. The summed E-state index contributed by atoms with van der Waals surface area (Å²) in [5.74, 6) is 3.83. The third-order valence-corrected chi connectivity index (χ3v) is 6.01. The van der Waals surface area contributed by atoms with Gasteiger partial charge >= 0.3 is 0 Å². The van der Waals surface area contributed by atoms with E-state index in [1.165, 1.54) is 70.6 Å². The number of allylic oxidation sites excluding steroid dienone is 4. The molecule has 0 spiro atoms. The summed E-state index contributed by atoms with van der Waals surface area (Å²) in [6.45, 7) is 2.31. The average Bonchev–Trinajstić information content (AvgIpc) is 2.58. The topological polar surface area (TPSA) is 23.8 Å². The molecule has 2 fully saturated rings. The van der Waals surface area contributed by atoms with E-state index < -0.39 is 0 Å². The van der Waals surface area contributed by atoms with E-state index in [-0.39, 0.29) is 0 Å². The average molecular weight is 300 g/mol. The van der Waals surface area contributed by atoms with Crippen molar-refractivity contribution in [2.75, 3.05) is 0 Å². The first-order chi connectivity index (χ1) is 10.8.